The number of carbonyl (C=O) groups is 4. The minimum atomic E-state index is -1.63. The molecule has 0 aromatic carbocycles. The Morgan fingerprint density at radius 3 is 2.34 bits per heavy atom. The quantitative estimate of drug-likeness (QED) is 0.329. The van der Waals surface area contributed by atoms with Crippen molar-refractivity contribution >= 4 is 24.2 Å². The van der Waals surface area contributed by atoms with E-state index < -0.39 is 84.0 Å². The number of hydrogen-bond donors (Lipinski definition) is 1. The van der Waals surface area contributed by atoms with Crippen molar-refractivity contribution in [3.05, 3.63) is 18.7 Å². The Morgan fingerprint density at radius 2 is 1.75 bits per heavy atom. The van der Waals surface area contributed by atoms with Crippen molar-refractivity contribution in [2.45, 2.75) is 148 Å². The first kappa shape index (κ1) is 42.4. The first-order valence-electron chi connectivity index (χ1n) is 18.6. The summed E-state index contributed by atoms with van der Waals surface area (Å²) in [4.78, 5) is 60.7. The summed E-state index contributed by atoms with van der Waals surface area (Å²) >= 11 is 0. The smallest absolute Gasteiger partial charge is 0.458 e. The van der Waals surface area contributed by atoms with Crippen LogP contribution in [-0.2, 0) is 42.7 Å². The van der Waals surface area contributed by atoms with Gasteiger partial charge in [-0.3, -0.25) is 14.5 Å². The number of aromatic nitrogens is 2. The summed E-state index contributed by atoms with van der Waals surface area (Å²) < 4.78 is 43.8. The highest BCUT2D eigenvalue weighted by molar-refractivity contribution is 5.75. The average molecular weight is 753 g/mol. The summed E-state index contributed by atoms with van der Waals surface area (Å²) in [5, 5.41) is 12.5. The SMILES string of the molecule is CC[C@H]1OC(=O)[C@H](C)[C@@H](OC(=O)n2ccnc2)[C@H](C)[C@@H](O[C@@H]2O[C@H](C)C[C@H](N(C)C)[C@H]2OC(C)=O)[C@@](C)(O)C[C@@H](C)CN(C)[C@H](C)[C@H]2OC(=O)O[C@@]21C. The van der Waals surface area contributed by atoms with Crippen LogP contribution in [0.4, 0.5) is 9.59 Å². The molecule has 3 fully saturated rings. The number of hydrogen-bond acceptors (Lipinski definition) is 15. The summed E-state index contributed by atoms with van der Waals surface area (Å²) in [5.41, 5.74) is -2.97. The Bertz CT molecular complexity index is 1420. The molecule has 300 valence electrons. The van der Waals surface area contributed by atoms with Crippen molar-refractivity contribution < 1.29 is 57.4 Å². The van der Waals surface area contributed by atoms with Gasteiger partial charge in [-0.2, -0.15) is 0 Å². The van der Waals surface area contributed by atoms with Crippen LogP contribution in [0.15, 0.2) is 18.7 Å². The molecule has 0 aliphatic carbocycles. The van der Waals surface area contributed by atoms with Gasteiger partial charge in [-0.15, -0.1) is 0 Å². The van der Waals surface area contributed by atoms with Crippen LogP contribution in [-0.4, -0.2) is 143 Å². The third kappa shape index (κ3) is 9.50. The molecule has 4 rings (SSSR count). The van der Waals surface area contributed by atoms with Crippen molar-refractivity contribution in [3.8, 4) is 0 Å². The van der Waals surface area contributed by atoms with Gasteiger partial charge in [0, 0.05) is 37.8 Å². The van der Waals surface area contributed by atoms with Gasteiger partial charge in [0.15, 0.2) is 24.1 Å². The molecule has 1 N–H and O–H groups in total. The lowest BCUT2D eigenvalue weighted by Crippen LogP contribution is -2.60. The van der Waals surface area contributed by atoms with Gasteiger partial charge in [0.1, 0.15) is 18.5 Å². The first-order chi connectivity index (χ1) is 24.7. The van der Waals surface area contributed by atoms with Crippen LogP contribution < -0.4 is 0 Å². The minimum absolute atomic E-state index is 0.167. The number of carbonyl (C=O) groups excluding carboxylic acids is 4. The van der Waals surface area contributed by atoms with E-state index in [0.29, 0.717) is 13.0 Å². The number of likely N-dealkylation sites (N-methyl/N-ethyl adjacent to an activating group) is 2. The average Bonchev–Trinajstić information content (AvgIpc) is 3.71. The van der Waals surface area contributed by atoms with Gasteiger partial charge >= 0.3 is 24.2 Å². The number of esters is 2. The fourth-order valence-electron chi connectivity index (χ4n) is 8.39. The van der Waals surface area contributed by atoms with Gasteiger partial charge in [-0.05, 0) is 80.9 Å². The molecule has 53 heavy (non-hydrogen) atoms. The lowest BCUT2D eigenvalue weighted by Gasteiger charge is -2.47. The van der Waals surface area contributed by atoms with Gasteiger partial charge < -0.3 is 43.2 Å². The minimum Gasteiger partial charge on any atom is -0.458 e. The topological polar surface area (TPSA) is 177 Å². The molecule has 0 amide bonds. The molecular formula is C37H60N4O12. The molecule has 0 bridgehead atoms. The number of nitrogens with zero attached hydrogens (tertiary/aromatic N) is 4. The van der Waals surface area contributed by atoms with E-state index in [1.807, 2.05) is 58.6 Å². The molecule has 14 atom stereocenters. The lowest BCUT2D eigenvalue weighted by molar-refractivity contribution is -0.301. The Balaban J connectivity index is 1.84. The van der Waals surface area contributed by atoms with Crippen molar-refractivity contribution in [3.63, 3.8) is 0 Å². The van der Waals surface area contributed by atoms with Gasteiger partial charge in [0.25, 0.3) is 0 Å². The van der Waals surface area contributed by atoms with E-state index in [9.17, 15) is 24.3 Å². The standard InChI is InChI=1S/C37H60N4O12/c1-13-27-37(9)31(52-35(45)53-37)24(6)40(12)18-20(2)17-36(8,46)30(51-33-29(48-25(7)42)26(39(10)11)16-21(3)47-33)22(4)28(23(5)32(43)49-27)50-34(44)41-15-14-38-19-41/h14-15,19-24,26-31,33,46H,13,16-18H2,1-12H3/t20-,21-,22+,23-,24-,26+,27-,28+,29-,30-,31-,33+,36+,37-/m1/s1. The molecule has 0 spiro atoms. The second kappa shape index (κ2) is 17.0. The number of rotatable bonds is 6. The van der Waals surface area contributed by atoms with E-state index in [2.05, 4.69) is 4.98 Å². The highest BCUT2D eigenvalue weighted by Crippen LogP contribution is 2.40. The van der Waals surface area contributed by atoms with E-state index >= 15 is 0 Å². The number of aliphatic hydroxyl groups is 1. The summed E-state index contributed by atoms with van der Waals surface area (Å²) in [5.74, 6) is -3.43. The van der Waals surface area contributed by atoms with Crippen LogP contribution in [0.3, 0.4) is 0 Å². The van der Waals surface area contributed by atoms with E-state index in [1.165, 1.54) is 25.6 Å². The second-order valence-electron chi connectivity index (χ2n) is 15.9. The summed E-state index contributed by atoms with van der Waals surface area (Å²) in [6.45, 7) is 16.0. The van der Waals surface area contributed by atoms with Crippen LogP contribution in [0, 0.1) is 17.8 Å². The van der Waals surface area contributed by atoms with Crippen LogP contribution in [0.2, 0.25) is 0 Å². The molecule has 3 saturated heterocycles. The van der Waals surface area contributed by atoms with E-state index in [-0.39, 0.29) is 36.9 Å². The van der Waals surface area contributed by atoms with Crippen molar-refractivity contribution in [1.82, 2.24) is 19.4 Å². The van der Waals surface area contributed by atoms with Crippen LogP contribution in [0.25, 0.3) is 0 Å². The highest BCUT2D eigenvalue weighted by Gasteiger charge is 2.58. The van der Waals surface area contributed by atoms with Gasteiger partial charge in [-0.1, -0.05) is 20.8 Å². The molecule has 0 unspecified atom stereocenters. The van der Waals surface area contributed by atoms with E-state index in [0.717, 1.165) is 4.57 Å². The van der Waals surface area contributed by atoms with Crippen LogP contribution >= 0.6 is 0 Å². The maximum absolute atomic E-state index is 14.2. The molecule has 1 aromatic heterocycles. The van der Waals surface area contributed by atoms with E-state index in [4.69, 9.17) is 33.2 Å². The maximum Gasteiger partial charge on any atom is 0.509 e. The molecule has 16 heteroatoms. The number of fused-ring (bicyclic) bond motifs is 1. The number of ether oxygens (including phenoxy) is 7. The third-order valence-electron chi connectivity index (χ3n) is 11.1. The van der Waals surface area contributed by atoms with Gasteiger partial charge in [0.2, 0.25) is 0 Å². The Labute approximate surface area is 312 Å². The predicted molar refractivity (Wildman–Crippen MR) is 190 cm³/mol. The zero-order chi connectivity index (χ0) is 39.6. The summed E-state index contributed by atoms with van der Waals surface area (Å²) in [6.07, 6.45) is -2.96. The third-order valence-corrected chi connectivity index (χ3v) is 11.1. The number of cyclic esters (lactones) is 1. The van der Waals surface area contributed by atoms with Crippen LogP contribution in [0.5, 0.6) is 0 Å². The Hall–Kier alpha value is -3.31. The maximum atomic E-state index is 14.2. The molecular weight excluding hydrogens is 692 g/mol. The zero-order valence-corrected chi connectivity index (χ0v) is 33.2. The fourth-order valence-corrected chi connectivity index (χ4v) is 8.39. The Kier molecular flexibility index (Phi) is 13.6. The second-order valence-corrected chi connectivity index (χ2v) is 15.9. The lowest BCUT2D eigenvalue weighted by atomic mass is 9.77. The van der Waals surface area contributed by atoms with Gasteiger partial charge in [-0.25, -0.2) is 19.1 Å². The van der Waals surface area contributed by atoms with Gasteiger partial charge in [0.05, 0.1) is 29.8 Å². The summed E-state index contributed by atoms with van der Waals surface area (Å²) in [6, 6.07) is -0.662. The van der Waals surface area contributed by atoms with Crippen molar-refractivity contribution in [2.75, 3.05) is 27.7 Å². The summed E-state index contributed by atoms with van der Waals surface area (Å²) in [7, 11) is 5.64. The normalized spacial score (nSPS) is 40.6. The molecule has 0 saturated carbocycles. The molecule has 4 heterocycles. The Morgan fingerprint density at radius 1 is 1.08 bits per heavy atom. The van der Waals surface area contributed by atoms with Crippen molar-refractivity contribution in [1.29, 1.82) is 0 Å². The molecule has 3 aliphatic rings. The number of imidazole rings is 1. The molecule has 3 aliphatic heterocycles. The van der Waals surface area contributed by atoms with E-state index in [1.54, 1.807) is 27.7 Å². The molecule has 0 radical (unpaired) electrons. The van der Waals surface area contributed by atoms with Crippen LogP contribution in [0.1, 0.15) is 81.6 Å². The largest absolute Gasteiger partial charge is 0.509 e. The monoisotopic (exact) mass is 752 g/mol. The zero-order valence-electron chi connectivity index (χ0n) is 33.2. The first-order valence-corrected chi connectivity index (χ1v) is 18.6. The molecule has 1 aromatic rings. The highest BCUT2D eigenvalue weighted by atomic mass is 16.8. The molecule has 16 nitrogen and oxygen atoms in total. The predicted octanol–water partition coefficient (Wildman–Crippen LogP) is 3.62. The fraction of sp³-hybridized carbons (Fsp3) is 0.811. The van der Waals surface area contributed by atoms with Crippen molar-refractivity contribution in [2.24, 2.45) is 17.8 Å².